The Labute approximate surface area is 111 Å². The van der Waals surface area contributed by atoms with Crippen molar-refractivity contribution >= 4 is 28.6 Å². The monoisotopic (exact) mass is 332 g/mol. The SMILES string of the molecule is CC1=CC[C@@H]([C@@H](C)/C=C(C)/C=C\I)OC1=O. The van der Waals surface area contributed by atoms with Gasteiger partial charge in [-0.3, -0.25) is 0 Å². The van der Waals surface area contributed by atoms with E-state index in [1.165, 1.54) is 5.57 Å². The Bertz CT molecular complexity index is 353. The second-order valence-electron chi connectivity index (χ2n) is 4.13. The van der Waals surface area contributed by atoms with Crippen molar-refractivity contribution in [2.45, 2.75) is 33.3 Å². The van der Waals surface area contributed by atoms with E-state index in [0.29, 0.717) is 0 Å². The average Bonchev–Trinajstić information content (AvgIpc) is 2.22. The molecule has 2 nitrogen and oxygen atoms in total. The van der Waals surface area contributed by atoms with E-state index in [9.17, 15) is 4.79 Å². The average molecular weight is 332 g/mol. The van der Waals surface area contributed by atoms with Gasteiger partial charge in [0.15, 0.2) is 0 Å². The fraction of sp³-hybridized carbons (Fsp3) is 0.462. The maximum atomic E-state index is 11.4. The molecule has 1 aliphatic heterocycles. The Morgan fingerprint density at radius 3 is 2.94 bits per heavy atom. The maximum Gasteiger partial charge on any atom is 0.333 e. The van der Waals surface area contributed by atoms with E-state index < -0.39 is 0 Å². The summed E-state index contributed by atoms with van der Waals surface area (Å²) in [5.74, 6) is 0.0690. The van der Waals surface area contributed by atoms with Gasteiger partial charge in [-0.15, -0.1) is 0 Å². The van der Waals surface area contributed by atoms with Crippen molar-refractivity contribution in [1.82, 2.24) is 0 Å². The highest BCUT2D eigenvalue weighted by molar-refractivity contribution is 14.1. The highest BCUT2D eigenvalue weighted by Crippen LogP contribution is 2.22. The van der Waals surface area contributed by atoms with E-state index in [0.717, 1.165) is 12.0 Å². The molecule has 0 aromatic carbocycles. The number of cyclic esters (lactones) is 1. The fourth-order valence-electron chi connectivity index (χ4n) is 1.65. The second kappa shape index (κ2) is 6.23. The molecule has 1 heterocycles. The van der Waals surface area contributed by atoms with Crippen LogP contribution in [0.1, 0.15) is 27.2 Å². The number of hydrogen-bond donors (Lipinski definition) is 0. The molecule has 0 N–H and O–H groups in total. The summed E-state index contributed by atoms with van der Waals surface area (Å²) < 4.78 is 7.34. The minimum absolute atomic E-state index is 0.0197. The van der Waals surface area contributed by atoms with Gasteiger partial charge >= 0.3 is 5.97 Å². The van der Waals surface area contributed by atoms with Gasteiger partial charge in [-0.1, -0.05) is 53.3 Å². The van der Waals surface area contributed by atoms with Crippen LogP contribution in [0.25, 0.3) is 0 Å². The van der Waals surface area contributed by atoms with Crippen molar-refractivity contribution in [2.24, 2.45) is 5.92 Å². The molecule has 0 fully saturated rings. The van der Waals surface area contributed by atoms with Crippen LogP contribution in [0.15, 0.2) is 33.5 Å². The summed E-state index contributed by atoms with van der Waals surface area (Å²) in [6.07, 6.45) is 6.94. The van der Waals surface area contributed by atoms with Gasteiger partial charge in [0.05, 0.1) is 0 Å². The minimum Gasteiger partial charge on any atom is -0.458 e. The largest absolute Gasteiger partial charge is 0.458 e. The van der Waals surface area contributed by atoms with Gasteiger partial charge in [0.25, 0.3) is 0 Å². The van der Waals surface area contributed by atoms with Gasteiger partial charge in [0.1, 0.15) is 6.10 Å². The normalized spacial score (nSPS) is 24.2. The molecule has 88 valence electrons. The summed E-state index contributed by atoms with van der Waals surface area (Å²) in [6.45, 7) is 5.93. The summed E-state index contributed by atoms with van der Waals surface area (Å²) in [4.78, 5) is 11.4. The minimum atomic E-state index is -0.182. The topological polar surface area (TPSA) is 26.3 Å². The maximum absolute atomic E-state index is 11.4. The smallest absolute Gasteiger partial charge is 0.333 e. The van der Waals surface area contributed by atoms with Crippen LogP contribution >= 0.6 is 22.6 Å². The third-order valence-electron chi connectivity index (χ3n) is 2.67. The Morgan fingerprint density at radius 2 is 2.38 bits per heavy atom. The predicted octanol–water partition coefficient (Wildman–Crippen LogP) is 3.78. The van der Waals surface area contributed by atoms with Crippen LogP contribution in [0.3, 0.4) is 0 Å². The first-order valence-corrected chi connectivity index (χ1v) is 6.62. The van der Waals surface area contributed by atoms with E-state index in [1.807, 2.05) is 16.2 Å². The summed E-state index contributed by atoms with van der Waals surface area (Å²) in [6, 6.07) is 0. The number of hydrogen-bond acceptors (Lipinski definition) is 2. The molecule has 1 aliphatic rings. The summed E-state index contributed by atoms with van der Waals surface area (Å²) in [7, 11) is 0. The lowest BCUT2D eigenvalue weighted by atomic mass is 9.96. The number of halogens is 1. The lowest BCUT2D eigenvalue weighted by Crippen LogP contribution is -2.27. The highest BCUT2D eigenvalue weighted by atomic mass is 127. The van der Waals surface area contributed by atoms with Crippen molar-refractivity contribution in [3.8, 4) is 0 Å². The molecule has 0 aliphatic carbocycles. The van der Waals surface area contributed by atoms with Crippen LogP contribution in [-0.4, -0.2) is 12.1 Å². The van der Waals surface area contributed by atoms with E-state index in [1.54, 1.807) is 6.92 Å². The quantitative estimate of drug-likeness (QED) is 0.447. The molecular formula is C13H17IO2. The van der Waals surface area contributed by atoms with Crippen LogP contribution in [-0.2, 0) is 9.53 Å². The van der Waals surface area contributed by atoms with Crippen LogP contribution in [0.4, 0.5) is 0 Å². The van der Waals surface area contributed by atoms with E-state index in [4.69, 9.17) is 4.74 Å². The van der Waals surface area contributed by atoms with Crippen molar-refractivity contribution < 1.29 is 9.53 Å². The zero-order chi connectivity index (χ0) is 12.1. The van der Waals surface area contributed by atoms with Crippen molar-refractivity contribution in [1.29, 1.82) is 0 Å². The number of carbonyl (C=O) groups is 1. The van der Waals surface area contributed by atoms with Crippen molar-refractivity contribution in [2.75, 3.05) is 0 Å². The third kappa shape index (κ3) is 3.77. The molecule has 1 rings (SSSR count). The van der Waals surface area contributed by atoms with Gasteiger partial charge in [-0.2, -0.15) is 0 Å². The lowest BCUT2D eigenvalue weighted by Gasteiger charge is -2.25. The Balaban J connectivity index is 2.66. The molecule has 3 heteroatoms. The van der Waals surface area contributed by atoms with Gasteiger partial charge < -0.3 is 4.74 Å². The molecule has 0 aromatic rings. The molecule has 2 atom stereocenters. The van der Waals surface area contributed by atoms with Gasteiger partial charge in [0.2, 0.25) is 0 Å². The Morgan fingerprint density at radius 1 is 1.69 bits per heavy atom. The summed E-state index contributed by atoms with van der Waals surface area (Å²) in [5.41, 5.74) is 1.92. The zero-order valence-corrected chi connectivity index (χ0v) is 12.0. The molecule has 0 saturated carbocycles. The number of allylic oxidation sites excluding steroid dienone is 2. The molecule has 0 spiro atoms. The molecule has 0 unspecified atom stereocenters. The summed E-state index contributed by atoms with van der Waals surface area (Å²) in [5, 5.41) is 0. The van der Waals surface area contributed by atoms with E-state index in [-0.39, 0.29) is 18.0 Å². The second-order valence-corrected chi connectivity index (χ2v) is 4.85. The van der Waals surface area contributed by atoms with Crippen LogP contribution in [0.5, 0.6) is 0 Å². The molecule has 0 amide bonds. The fourth-order valence-corrected chi connectivity index (χ4v) is 2.22. The van der Waals surface area contributed by atoms with E-state index >= 15 is 0 Å². The van der Waals surface area contributed by atoms with E-state index in [2.05, 4.69) is 42.5 Å². The molecule has 0 bridgehead atoms. The van der Waals surface area contributed by atoms with Crippen LogP contribution < -0.4 is 0 Å². The third-order valence-corrected chi connectivity index (χ3v) is 3.03. The highest BCUT2D eigenvalue weighted by Gasteiger charge is 2.23. The standard InChI is InChI=1S/C13H17IO2/c1-9(6-7-14)8-11(3)12-5-4-10(2)13(15)16-12/h4,6-8,11-12H,5H2,1-3H3/b7-6-,9-8+/t11-,12-/m0/s1. The lowest BCUT2D eigenvalue weighted by molar-refractivity contribution is -0.147. The van der Waals surface area contributed by atoms with Gasteiger partial charge in [0, 0.05) is 17.9 Å². The Hall–Kier alpha value is -0.580. The predicted molar refractivity (Wildman–Crippen MR) is 74.3 cm³/mol. The first-order valence-electron chi connectivity index (χ1n) is 5.37. The van der Waals surface area contributed by atoms with Crippen LogP contribution in [0, 0.1) is 5.92 Å². The zero-order valence-electron chi connectivity index (χ0n) is 9.87. The number of esters is 1. The van der Waals surface area contributed by atoms with Gasteiger partial charge in [-0.05, 0) is 17.9 Å². The summed E-state index contributed by atoms with van der Waals surface area (Å²) >= 11 is 2.19. The molecule has 0 aromatic heterocycles. The number of rotatable bonds is 3. The number of carbonyl (C=O) groups excluding carboxylic acids is 1. The molecular weight excluding hydrogens is 315 g/mol. The van der Waals surface area contributed by atoms with Crippen molar-refractivity contribution in [3.05, 3.63) is 33.5 Å². The molecule has 16 heavy (non-hydrogen) atoms. The number of ether oxygens (including phenoxy) is 1. The molecule has 0 saturated heterocycles. The first-order chi connectivity index (χ1) is 7.54. The Kier molecular flexibility index (Phi) is 5.25. The molecule has 0 radical (unpaired) electrons. The van der Waals surface area contributed by atoms with Gasteiger partial charge in [-0.25, -0.2) is 4.79 Å². The van der Waals surface area contributed by atoms with Crippen LogP contribution in [0.2, 0.25) is 0 Å². The van der Waals surface area contributed by atoms with Crippen molar-refractivity contribution in [3.63, 3.8) is 0 Å². The first kappa shape index (κ1) is 13.5.